The summed E-state index contributed by atoms with van der Waals surface area (Å²) in [5.74, 6) is -2.06. The van der Waals surface area contributed by atoms with Crippen LogP contribution in [-0.2, 0) is 22.4 Å². The van der Waals surface area contributed by atoms with E-state index in [2.05, 4.69) is 17.6 Å². The summed E-state index contributed by atoms with van der Waals surface area (Å²) in [6.45, 7) is 6.10. The fourth-order valence-corrected chi connectivity index (χ4v) is 6.21. The quantitative estimate of drug-likeness (QED) is 0.561. The third-order valence-corrected chi connectivity index (χ3v) is 8.41. The van der Waals surface area contributed by atoms with Crippen molar-refractivity contribution in [3.05, 3.63) is 27.2 Å². The number of hydrogen-bond acceptors (Lipinski definition) is 4. The lowest BCUT2D eigenvalue weighted by atomic mass is 9.76. The molecule has 0 saturated heterocycles. The van der Waals surface area contributed by atoms with Crippen LogP contribution in [0.1, 0.15) is 80.1 Å². The highest BCUT2D eigenvalue weighted by Crippen LogP contribution is 2.42. The molecule has 4 rings (SSSR count). The van der Waals surface area contributed by atoms with Gasteiger partial charge < -0.3 is 15.7 Å². The molecule has 31 heavy (non-hydrogen) atoms. The van der Waals surface area contributed by atoms with E-state index in [-0.39, 0.29) is 17.9 Å². The van der Waals surface area contributed by atoms with Gasteiger partial charge >= 0.3 is 5.97 Å². The Labute approximate surface area is 187 Å². The van der Waals surface area contributed by atoms with E-state index in [4.69, 9.17) is 0 Å². The lowest BCUT2D eigenvalue weighted by Gasteiger charge is -2.29. The number of allylic oxidation sites excluding steroid dienone is 2. The highest BCUT2D eigenvalue weighted by molar-refractivity contribution is 7.17. The smallest absolute Gasteiger partial charge is 0.307 e. The minimum atomic E-state index is -0.935. The second-order valence-corrected chi connectivity index (χ2v) is 10.6. The van der Waals surface area contributed by atoms with Crippen molar-refractivity contribution >= 4 is 34.1 Å². The molecule has 0 aliphatic heterocycles. The third-order valence-electron chi connectivity index (χ3n) is 7.24. The maximum absolute atomic E-state index is 13.3. The summed E-state index contributed by atoms with van der Waals surface area (Å²) >= 11 is 1.51. The maximum atomic E-state index is 13.3. The maximum Gasteiger partial charge on any atom is 0.307 e. The van der Waals surface area contributed by atoms with Crippen LogP contribution in [0.15, 0.2) is 11.1 Å². The first-order chi connectivity index (χ1) is 14.8. The SMILES string of the molecule is CC[C@@H]1CCc2c(sc(NC(=O)[C@H]3CC(C)=C(C)C[C@@H]3C(=O)O)c2C(=O)NC2CC2)C1. The summed E-state index contributed by atoms with van der Waals surface area (Å²) in [5, 5.41) is 16.4. The van der Waals surface area contributed by atoms with Gasteiger partial charge in [-0.05, 0) is 70.3 Å². The predicted molar refractivity (Wildman–Crippen MR) is 121 cm³/mol. The van der Waals surface area contributed by atoms with Crippen LogP contribution in [0.5, 0.6) is 0 Å². The van der Waals surface area contributed by atoms with E-state index < -0.39 is 17.8 Å². The average Bonchev–Trinajstić information content (AvgIpc) is 3.47. The van der Waals surface area contributed by atoms with Gasteiger partial charge in [0.2, 0.25) is 5.91 Å². The van der Waals surface area contributed by atoms with Crippen molar-refractivity contribution in [2.24, 2.45) is 17.8 Å². The van der Waals surface area contributed by atoms with E-state index in [1.165, 1.54) is 16.2 Å². The summed E-state index contributed by atoms with van der Waals surface area (Å²) < 4.78 is 0. The van der Waals surface area contributed by atoms with Crippen LogP contribution >= 0.6 is 11.3 Å². The van der Waals surface area contributed by atoms with E-state index in [0.717, 1.165) is 55.2 Å². The molecule has 1 saturated carbocycles. The van der Waals surface area contributed by atoms with Crippen molar-refractivity contribution < 1.29 is 19.5 Å². The van der Waals surface area contributed by atoms with Gasteiger partial charge in [0, 0.05) is 10.9 Å². The molecule has 3 N–H and O–H groups in total. The third kappa shape index (κ3) is 4.56. The van der Waals surface area contributed by atoms with Gasteiger partial charge in [-0.15, -0.1) is 11.3 Å². The molecule has 1 fully saturated rings. The molecule has 0 bridgehead atoms. The van der Waals surface area contributed by atoms with E-state index in [1.54, 1.807) is 0 Å². The number of aliphatic carboxylic acids is 1. The first kappa shape index (κ1) is 22.1. The number of carboxylic acid groups (broad SMARTS) is 1. The number of amides is 2. The Balaban J connectivity index is 1.62. The van der Waals surface area contributed by atoms with Crippen molar-refractivity contribution in [3.63, 3.8) is 0 Å². The largest absolute Gasteiger partial charge is 0.481 e. The monoisotopic (exact) mass is 444 g/mol. The normalized spacial score (nSPS) is 25.7. The van der Waals surface area contributed by atoms with E-state index >= 15 is 0 Å². The minimum absolute atomic E-state index is 0.101. The summed E-state index contributed by atoms with van der Waals surface area (Å²) in [6, 6.07) is 0.240. The molecule has 1 heterocycles. The van der Waals surface area contributed by atoms with Gasteiger partial charge in [-0.1, -0.05) is 24.5 Å². The minimum Gasteiger partial charge on any atom is -0.481 e. The van der Waals surface area contributed by atoms with Crippen LogP contribution in [0, 0.1) is 17.8 Å². The molecule has 3 aliphatic carbocycles. The average molecular weight is 445 g/mol. The van der Waals surface area contributed by atoms with Gasteiger partial charge in [-0.2, -0.15) is 0 Å². The second-order valence-electron chi connectivity index (χ2n) is 9.48. The number of carbonyl (C=O) groups is 3. The number of carbonyl (C=O) groups excluding carboxylic acids is 2. The highest BCUT2D eigenvalue weighted by atomic mass is 32.1. The molecule has 3 aliphatic rings. The van der Waals surface area contributed by atoms with Crippen molar-refractivity contribution in [1.29, 1.82) is 0 Å². The Hall–Kier alpha value is -2.15. The molecule has 2 amide bonds. The van der Waals surface area contributed by atoms with Crippen molar-refractivity contribution in [2.45, 2.75) is 78.2 Å². The molecule has 7 heteroatoms. The Bertz CT molecular complexity index is 944. The van der Waals surface area contributed by atoms with Gasteiger partial charge in [0.05, 0.1) is 17.4 Å². The number of anilines is 1. The van der Waals surface area contributed by atoms with Gasteiger partial charge in [-0.25, -0.2) is 0 Å². The molecule has 0 radical (unpaired) electrons. The molecule has 6 nitrogen and oxygen atoms in total. The number of thiophene rings is 1. The van der Waals surface area contributed by atoms with Gasteiger partial charge in [-0.3, -0.25) is 14.4 Å². The van der Waals surface area contributed by atoms with E-state index in [9.17, 15) is 19.5 Å². The molecule has 0 aromatic carbocycles. The van der Waals surface area contributed by atoms with Crippen molar-refractivity contribution in [2.75, 3.05) is 5.32 Å². The van der Waals surface area contributed by atoms with Gasteiger partial charge in [0.1, 0.15) is 5.00 Å². The van der Waals surface area contributed by atoms with Crippen LogP contribution in [0.3, 0.4) is 0 Å². The number of fused-ring (bicyclic) bond motifs is 1. The van der Waals surface area contributed by atoms with Crippen LogP contribution < -0.4 is 10.6 Å². The number of carboxylic acids is 1. The van der Waals surface area contributed by atoms with Gasteiger partial charge in [0.25, 0.3) is 5.91 Å². The Morgan fingerprint density at radius 2 is 1.71 bits per heavy atom. The van der Waals surface area contributed by atoms with Crippen LogP contribution in [0.25, 0.3) is 0 Å². The molecule has 0 spiro atoms. The van der Waals surface area contributed by atoms with Gasteiger partial charge in [0.15, 0.2) is 0 Å². The zero-order valence-electron chi connectivity index (χ0n) is 18.5. The number of hydrogen-bond donors (Lipinski definition) is 3. The molecule has 3 atom stereocenters. The standard InChI is InChI=1S/C24H32N2O4S/c1-4-14-5-8-16-19(11-14)31-23(20(16)22(28)25-15-6-7-15)26-21(27)17-9-12(2)13(3)10-18(17)24(29)30/h14-15,17-18H,4-11H2,1-3H3,(H,25,28)(H,26,27)(H,29,30)/t14-,17+,18+/m1/s1. The fraction of sp³-hybridized carbons (Fsp3) is 0.625. The molecular weight excluding hydrogens is 412 g/mol. The second kappa shape index (κ2) is 8.77. The van der Waals surface area contributed by atoms with Crippen LogP contribution in [0.2, 0.25) is 0 Å². The lowest BCUT2D eigenvalue weighted by molar-refractivity contribution is -0.146. The molecule has 1 aromatic rings. The predicted octanol–water partition coefficient (Wildman–Crippen LogP) is 4.54. The highest BCUT2D eigenvalue weighted by Gasteiger charge is 2.39. The first-order valence-electron chi connectivity index (χ1n) is 11.4. The van der Waals surface area contributed by atoms with E-state index in [1.807, 2.05) is 13.8 Å². The number of nitrogens with one attached hydrogen (secondary N) is 2. The topological polar surface area (TPSA) is 95.5 Å². The summed E-state index contributed by atoms with van der Waals surface area (Å²) in [5.41, 5.74) is 3.83. The number of rotatable bonds is 6. The van der Waals surface area contributed by atoms with Crippen molar-refractivity contribution in [3.8, 4) is 0 Å². The summed E-state index contributed by atoms with van der Waals surface area (Å²) in [6.07, 6.45) is 6.82. The summed E-state index contributed by atoms with van der Waals surface area (Å²) in [7, 11) is 0. The first-order valence-corrected chi connectivity index (χ1v) is 12.2. The Kier molecular flexibility index (Phi) is 6.24. The molecular formula is C24H32N2O4S. The summed E-state index contributed by atoms with van der Waals surface area (Å²) in [4.78, 5) is 39.4. The van der Waals surface area contributed by atoms with E-state index in [0.29, 0.717) is 29.3 Å². The van der Waals surface area contributed by atoms with Crippen LogP contribution in [0.4, 0.5) is 5.00 Å². The Morgan fingerprint density at radius 1 is 1.03 bits per heavy atom. The van der Waals surface area contributed by atoms with Crippen LogP contribution in [-0.4, -0.2) is 28.9 Å². The molecule has 168 valence electrons. The zero-order valence-corrected chi connectivity index (χ0v) is 19.4. The molecule has 0 unspecified atom stereocenters. The fourth-order valence-electron chi connectivity index (χ4n) is 4.85. The zero-order chi connectivity index (χ0) is 22.3. The lowest BCUT2D eigenvalue weighted by Crippen LogP contribution is -2.37. The Morgan fingerprint density at radius 3 is 2.32 bits per heavy atom. The van der Waals surface area contributed by atoms with Crippen molar-refractivity contribution in [1.82, 2.24) is 5.32 Å². The molecule has 1 aromatic heterocycles.